The highest BCUT2D eigenvalue weighted by atomic mass is 16.5. The molecule has 138 valence electrons. The molecule has 0 unspecified atom stereocenters. The normalized spacial score (nSPS) is 22.3. The van der Waals surface area contributed by atoms with Gasteiger partial charge in [0, 0.05) is 51.4 Å². The van der Waals surface area contributed by atoms with Crippen molar-refractivity contribution in [3.63, 3.8) is 0 Å². The van der Waals surface area contributed by atoms with Gasteiger partial charge in [0.05, 0.1) is 11.9 Å². The van der Waals surface area contributed by atoms with E-state index in [1.807, 2.05) is 18.0 Å². The maximum Gasteiger partial charge on any atom is 0.274 e. The van der Waals surface area contributed by atoms with Crippen LogP contribution in [-0.4, -0.2) is 61.7 Å². The Bertz CT molecular complexity index is 754. The largest absolute Gasteiger partial charge is 0.375 e. The summed E-state index contributed by atoms with van der Waals surface area (Å²) < 4.78 is 7.97. The van der Waals surface area contributed by atoms with E-state index in [1.165, 1.54) is 0 Å². The maximum atomic E-state index is 12.6. The van der Waals surface area contributed by atoms with Gasteiger partial charge in [0.2, 0.25) is 5.95 Å². The molecular weight excluding hydrogens is 332 g/mol. The molecule has 1 N–H and O–H groups in total. The number of imidazole rings is 1. The number of piperidine rings is 1. The molecule has 1 amide bonds. The summed E-state index contributed by atoms with van der Waals surface area (Å²) in [6.45, 7) is 2.12. The first-order chi connectivity index (χ1) is 12.6. The molecule has 0 radical (unpaired) electrons. The Kier molecular flexibility index (Phi) is 4.58. The second-order valence-electron chi connectivity index (χ2n) is 7.15. The van der Waals surface area contributed by atoms with E-state index in [9.17, 15) is 4.79 Å². The van der Waals surface area contributed by atoms with E-state index in [0.717, 1.165) is 32.3 Å². The topological polar surface area (TPSA) is 85.2 Å². The lowest BCUT2D eigenvalue weighted by atomic mass is 9.82. The first kappa shape index (κ1) is 17.0. The number of ether oxygens (including phenoxy) is 1. The van der Waals surface area contributed by atoms with Gasteiger partial charge in [-0.15, -0.1) is 0 Å². The van der Waals surface area contributed by atoms with Crippen molar-refractivity contribution in [1.29, 1.82) is 0 Å². The number of nitrogens with one attached hydrogen (secondary N) is 1. The summed E-state index contributed by atoms with van der Waals surface area (Å²) >= 11 is 0. The molecule has 8 heteroatoms. The zero-order valence-corrected chi connectivity index (χ0v) is 15.0. The number of aryl methyl sites for hydroxylation is 1. The van der Waals surface area contributed by atoms with Crippen molar-refractivity contribution in [2.24, 2.45) is 7.05 Å². The standard InChI is InChI=1S/C18H24N6O2/c1-23-12-15(21-13-23)16(25)24-8-4-18(5-9-24)11-14(3-10-26-18)22-17-19-6-2-7-20-17/h2,6-7,12-14H,3-5,8-11H2,1H3,(H,19,20,22)/t14-/m0/s1. The molecule has 4 heterocycles. The second kappa shape index (κ2) is 7.03. The van der Waals surface area contributed by atoms with Gasteiger partial charge in [0.15, 0.2) is 0 Å². The molecule has 0 aliphatic carbocycles. The molecule has 2 aliphatic heterocycles. The minimum atomic E-state index is -0.161. The molecule has 4 rings (SSSR count). The van der Waals surface area contributed by atoms with Crippen molar-refractivity contribution in [3.8, 4) is 0 Å². The van der Waals surface area contributed by atoms with Gasteiger partial charge in [0.1, 0.15) is 5.69 Å². The molecule has 0 saturated carbocycles. The number of carbonyl (C=O) groups excluding carboxylic acids is 1. The van der Waals surface area contributed by atoms with Gasteiger partial charge in [-0.1, -0.05) is 0 Å². The van der Waals surface area contributed by atoms with Crippen molar-refractivity contribution in [3.05, 3.63) is 36.7 Å². The Hall–Kier alpha value is -2.48. The predicted molar refractivity (Wildman–Crippen MR) is 95.7 cm³/mol. The van der Waals surface area contributed by atoms with Gasteiger partial charge in [-0.3, -0.25) is 4.79 Å². The van der Waals surface area contributed by atoms with Crippen molar-refractivity contribution in [2.45, 2.75) is 37.3 Å². The van der Waals surface area contributed by atoms with E-state index in [-0.39, 0.29) is 11.5 Å². The van der Waals surface area contributed by atoms with Crippen LogP contribution in [0.2, 0.25) is 0 Å². The molecule has 2 saturated heterocycles. The van der Waals surface area contributed by atoms with Crippen LogP contribution in [0.1, 0.15) is 36.2 Å². The molecule has 2 fully saturated rings. The highest BCUT2D eigenvalue weighted by molar-refractivity contribution is 5.92. The summed E-state index contributed by atoms with van der Waals surface area (Å²) in [7, 11) is 1.87. The molecule has 2 aromatic rings. The van der Waals surface area contributed by atoms with Crippen LogP contribution in [0.15, 0.2) is 31.0 Å². The Morgan fingerprint density at radius 1 is 1.27 bits per heavy atom. The highest BCUT2D eigenvalue weighted by Crippen LogP contribution is 2.36. The van der Waals surface area contributed by atoms with Gasteiger partial charge in [-0.25, -0.2) is 15.0 Å². The Balaban J connectivity index is 1.36. The lowest BCUT2D eigenvalue weighted by Crippen LogP contribution is -2.52. The average molecular weight is 356 g/mol. The van der Waals surface area contributed by atoms with Crippen LogP contribution in [-0.2, 0) is 11.8 Å². The third kappa shape index (κ3) is 3.55. The average Bonchev–Trinajstić information content (AvgIpc) is 3.09. The van der Waals surface area contributed by atoms with E-state index < -0.39 is 0 Å². The molecule has 0 bridgehead atoms. The van der Waals surface area contributed by atoms with Crippen LogP contribution in [0.4, 0.5) is 5.95 Å². The molecule has 1 spiro atoms. The number of hydrogen-bond acceptors (Lipinski definition) is 6. The van der Waals surface area contributed by atoms with E-state index in [4.69, 9.17) is 4.74 Å². The lowest BCUT2D eigenvalue weighted by molar-refractivity contribution is -0.110. The zero-order chi connectivity index (χ0) is 18.0. The van der Waals surface area contributed by atoms with Crippen molar-refractivity contribution in [2.75, 3.05) is 25.0 Å². The maximum absolute atomic E-state index is 12.6. The van der Waals surface area contributed by atoms with E-state index in [2.05, 4.69) is 20.3 Å². The monoisotopic (exact) mass is 356 g/mol. The fourth-order valence-corrected chi connectivity index (χ4v) is 3.86. The van der Waals surface area contributed by atoms with Gasteiger partial charge in [-0.05, 0) is 31.7 Å². The number of nitrogens with zero attached hydrogens (tertiary/aromatic N) is 5. The first-order valence-electron chi connectivity index (χ1n) is 9.08. The predicted octanol–water partition coefficient (Wildman–Crippen LogP) is 1.48. The number of aromatic nitrogens is 4. The molecule has 8 nitrogen and oxygen atoms in total. The second-order valence-corrected chi connectivity index (χ2v) is 7.15. The number of amides is 1. The third-order valence-electron chi connectivity index (χ3n) is 5.28. The summed E-state index contributed by atoms with van der Waals surface area (Å²) in [5.74, 6) is 0.668. The van der Waals surface area contributed by atoms with Gasteiger partial charge < -0.3 is 19.5 Å². The first-order valence-corrected chi connectivity index (χ1v) is 9.08. The SMILES string of the molecule is Cn1cnc(C(=O)N2CCC3(CC2)C[C@@H](Nc2ncccn2)CCO3)c1. The van der Waals surface area contributed by atoms with Crippen molar-refractivity contribution >= 4 is 11.9 Å². The van der Waals surface area contributed by atoms with Gasteiger partial charge >= 0.3 is 0 Å². The number of carbonyl (C=O) groups is 1. The van der Waals surface area contributed by atoms with E-state index in [1.54, 1.807) is 29.5 Å². The number of hydrogen-bond donors (Lipinski definition) is 1. The molecular formula is C18H24N6O2. The van der Waals surface area contributed by atoms with Crippen LogP contribution in [0.25, 0.3) is 0 Å². The van der Waals surface area contributed by atoms with Crippen LogP contribution >= 0.6 is 0 Å². The van der Waals surface area contributed by atoms with Crippen LogP contribution < -0.4 is 5.32 Å². The number of likely N-dealkylation sites (tertiary alicyclic amines) is 1. The van der Waals surface area contributed by atoms with Crippen molar-refractivity contribution < 1.29 is 9.53 Å². The summed E-state index contributed by atoms with van der Waals surface area (Å²) in [4.78, 5) is 27.1. The molecule has 0 aromatic carbocycles. The highest BCUT2D eigenvalue weighted by Gasteiger charge is 2.41. The summed E-state index contributed by atoms with van der Waals surface area (Å²) in [6, 6.07) is 2.11. The Morgan fingerprint density at radius 3 is 2.73 bits per heavy atom. The smallest absolute Gasteiger partial charge is 0.274 e. The van der Waals surface area contributed by atoms with Crippen molar-refractivity contribution in [1.82, 2.24) is 24.4 Å². The van der Waals surface area contributed by atoms with E-state index in [0.29, 0.717) is 30.8 Å². The molecule has 2 aliphatic rings. The number of anilines is 1. The minimum absolute atomic E-state index is 0.00335. The van der Waals surface area contributed by atoms with E-state index >= 15 is 0 Å². The molecule has 26 heavy (non-hydrogen) atoms. The van der Waals surface area contributed by atoms with Gasteiger partial charge in [0.25, 0.3) is 5.91 Å². The Morgan fingerprint density at radius 2 is 2.04 bits per heavy atom. The molecule has 1 atom stereocenters. The van der Waals surface area contributed by atoms with Crippen LogP contribution in [0, 0.1) is 0 Å². The summed E-state index contributed by atoms with van der Waals surface area (Å²) in [5.41, 5.74) is 0.347. The fraction of sp³-hybridized carbons (Fsp3) is 0.556. The third-order valence-corrected chi connectivity index (χ3v) is 5.28. The van der Waals surface area contributed by atoms with Crippen LogP contribution in [0.5, 0.6) is 0 Å². The van der Waals surface area contributed by atoms with Crippen LogP contribution in [0.3, 0.4) is 0 Å². The minimum Gasteiger partial charge on any atom is -0.375 e. The Labute approximate surface area is 152 Å². The quantitative estimate of drug-likeness (QED) is 0.897. The zero-order valence-electron chi connectivity index (χ0n) is 15.0. The molecule has 2 aromatic heterocycles. The summed E-state index contributed by atoms with van der Waals surface area (Å²) in [6.07, 6.45) is 10.5. The lowest BCUT2D eigenvalue weighted by Gasteiger charge is -2.46. The number of rotatable bonds is 3. The fourth-order valence-electron chi connectivity index (χ4n) is 3.86. The summed E-state index contributed by atoms with van der Waals surface area (Å²) in [5, 5.41) is 3.42. The van der Waals surface area contributed by atoms with Gasteiger partial charge in [-0.2, -0.15) is 0 Å².